The number of piperazine rings is 1. The van der Waals surface area contributed by atoms with Gasteiger partial charge in [0.1, 0.15) is 0 Å². The van der Waals surface area contributed by atoms with Crippen molar-refractivity contribution in [2.45, 2.75) is 0 Å². The van der Waals surface area contributed by atoms with E-state index in [1.807, 2.05) is 0 Å². The van der Waals surface area contributed by atoms with Crippen LogP contribution in [0.5, 0.6) is 0 Å². The molecule has 0 atom stereocenters. The van der Waals surface area contributed by atoms with Crippen molar-refractivity contribution in [2.24, 2.45) is 0 Å². The number of anilines is 1. The number of carbonyl (C=O) groups is 1. The van der Waals surface area contributed by atoms with Gasteiger partial charge in [0.25, 0.3) is 5.91 Å². The first-order valence-electron chi connectivity index (χ1n) is 6.29. The number of aliphatic hydroxyl groups is 1. The predicted molar refractivity (Wildman–Crippen MR) is 75.3 cm³/mol. The molecule has 0 bridgehead atoms. The third-order valence-corrected chi connectivity index (χ3v) is 3.55. The van der Waals surface area contributed by atoms with Crippen LogP contribution in [0.2, 0.25) is 5.02 Å². The van der Waals surface area contributed by atoms with Gasteiger partial charge in [-0.25, -0.2) is 0 Å². The fraction of sp³-hybridized carbons (Fsp3) is 0.462. The number of nitrogen functional groups attached to an aromatic ring is 1. The van der Waals surface area contributed by atoms with Gasteiger partial charge in [0.05, 0.1) is 12.2 Å². The van der Waals surface area contributed by atoms with Crippen LogP contribution in [0.4, 0.5) is 5.69 Å². The number of nitrogens with zero attached hydrogens (tertiary/aromatic N) is 2. The van der Waals surface area contributed by atoms with Crippen molar-refractivity contribution in [2.75, 3.05) is 45.1 Å². The Hall–Kier alpha value is -1.30. The van der Waals surface area contributed by atoms with Gasteiger partial charge in [-0.2, -0.15) is 0 Å². The molecule has 1 fully saturated rings. The van der Waals surface area contributed by atoms with Gasteiger partial charge in [-0.3, -0.25) is 9.69 Å². The summed E-state index contributed by atoms with van der Waals surface area (Å²) in [6, 6.07) is 4.93. The molecular formula is C13H18ClN3O2. The molecule has 104 valence electrons. The number of nitrogens with two attached hydrogens (primary N) is 1. The lowest BCUT2D eigenvalue weighted by molar-refractivity contribution is 0.0616. The minimum Gasteiger partial charge on any atom is -0.398 e. The van der Waals surface area contributed by atoms with Crippen LogP contribution in [0.1, 0.15) is 10.4 Å². The summed E-state index contributed by atoms with van der Waals surface area (Å²) >= 11 is 5.83. The third-order valence-electron chi connectivity index (χ3n) is 3.32. The molecule has 1 heterocycles. The standard InChI is InChI=1S/C13H18ClN3O2/c14-10-1-2-11(12(15)9-10)13(19)17-5-3-16(4-6-17)7-8-18/h1-2,9,18H,3-8,15H2. The van der Waals surface area contributed by atoms with Crippen LogP contribution >= 0.6 is 11.6 Å². The molecule has 5 nitrogen and oxygen atoms in total. The predicted octanol–water partition coefficient (Wildman–Crippen LogP) is 0.672. The van der Waals surface area contributed by atoms with E-state index in [2.05, 4.69) is 4.90 Å². The number of benzene rings is 1. The maximum Gasteiger partial charge on any atom is 0.256 e. The molecule has 1 aromatic carbocycles. The molecule has 2 rings (SSSR count). The van der Waals surface area contributed by atoms with Crippen LogP contribution in [0.25, 0.3) is 0 Å². The second-order valence-electron chi connectivity index (χ2n) is 4.59. The average molecular weight is 284 g/mol. The molecule has 3 N–H and O–H groups in total. The zero-order valence-electron chi connectivity index (χ0n) is 10.7. The lowest BCUT2D eigenvalue weighted by Gasteiger charge is -2.34. The highest BCUT2D eigenvalue weighted by molar-refractivity contribution is 6.31. The van der Waals surface area contributed by atoms with Crippen molar-refractivity contribution in [3.63, 3.8) is 0 Å². The Morgan fingerprint density at radius 1 is 1.32 bits per heavy atom. The SMILES string of the molecule is Nc1cc(Cl)ccc1C(=O)N1CCN(CCO)CC1. The number of hydrogen-bond acceptors (Lipinski definition) is 4. The summed E-state index contributed by atoms with van der Waals surface area (Å²) in [6.45, 7) is 3.67. The number of rotatable bonds is 3. The number of halogens is 1. The Balaban J connectivity index is 2.01. The van der Waals surface area contributed by atoms with Crippen molar-refractivity contribution in [3.05, 3.63) is 28.8 Å². The first-order valence-corrected chi connectivity index (χ1v) is 6.67. The fourth-order valence-electron chi connectivity index (χ4n) is 2.21. The summed E-state index contributed by atoms with van der Waals surface area (Å²) in [5, 5.41) is 9.41. The lowest BCUT2D eigenvalue weighted by atomic mass is 10.1. The van der Waals surface area contributed by atoms with E-state index in [1.54, 1.807) is 23.1 Å². The molecule has 1 aliphatic heterocycles. The molecule has 0 radical (unpaired) electrons. The summed E-state index contributed by atoms with van der Waals surface area (Å²) in [5.41, 5.74) is 6.74. The quantitative estimate of drug-likeness (QED) is 0.800. The second-order valence-corrected chi connectivity index (χ2v) is 5.03. The Bertz CT molecular complexity index is 459. The summed E-state index contributed by atoms with van der Waals surface area (Å²) in [5.74, 6) is -0.0576. The van der Waals surface area contributed by atoms with Crippen molar-refractivity contribution < 1.29 is 9.90 Å². The smallest absolute Gasteiger partial charge is 0.256 e. The largest absolute Gasteiger partial charge is 0.398 e. The number of β-amino-alcohol motifs (C(OH)–C–C–N with tert-alkyl or cyclic N) is 1. The lowest BCUT2D eigenvalue weighted by Crippen LogP contribution is -2.49. The highest BCUT2D eigenvalue weighted by atomic mass is 35.5. The van der Waals surface area contributed by atoms with Gasteiger partial charge >= 0.3 is 0 Å². The first-order chi connectivity index (χ1) is 9.11. The molecular weight excluding hydrogens is 266 g/mol. The van der Waals surface area contributed by atoms with Gasteiger partial charge in [-0.05, 0) is 18.2 Å². The number of amides is 1. The molecule has 1 amide bonds. The second kappa shape index (κ2) is 6.23. The van der Waals surface area contributed by atoms with Crippen LogP contribution in [0.3, 0.4) is 0 Å². The molecule has 1 aromatic rings. The zero-order chi connectivity index (χ0) is 13.8. The topological polar surface area (TPSA) is 69.8 Å². The summed E-state index contributed by atoms with van der Waals surface area (Å²) < 4.78 is 0. The van der Waals surface area contributed by atoms with Crippen LogP contribution in [-0.4, -0.2) is 60.1 Å². The molecule has 0 aromatic heterocycles. The fourth-order valence-corrected chi connectivity index (χ4v) is 2.40. The van der Waals surface area contributed by atoms with Gasteiger partial charge in [-0.1, -0.05) is 11.6 Å². The normalized spacial score (nSPS) is 16.6. The first kappa shape index (κ1) is 14.1. The van der Waals surface area contributed by atoms with Crippen LogP contribution in [0.15, 0.2) is 18.2 Å². The molecule has 1 saturated heterocycles. The van der Waals surface area contributed by atoms with Crippen molar-refractivity contribution in [1.82, 2.24) is 9.80 Å². The highest BCUT2D eigenvalue weighted by Gasteiger charge is 2.23. The summed E-state index contributed by atoms with van der Waals surface area (Å²) in [7, 11) is 0. The molecule has 6 heteroatoms. The molecule has 0 saturated carbocycles. The van der Waals surface area contributed by atoms with Crippen LogP contribution in [0, 0.1) is 0 Å². The Kier molecular flexibility index (Phi) is 4.63. The van der Waals surface area contributed by atoms with E-state index in [0.717, 1.165) is 13.1 Å². The minimum atomic E-state index is -0.0576. The van der Waals surface area contributed by atoms with Crippen LogP contribution in [-0.2, 0) is 0 Å². The van der Waals surface area contributed by atoms with Crippen molar-refractivity contribution >= 4 is 23.2 Å². The average Bonchev–Trinajstić information content (AvgIpc) is 2.39. The van der Waals surface area contributed by atoms with E-state index >= 15 is 0 Å². The van der Waals surface area contributed by atoms with E-state index in [-0.39, 0.29) is 12.5 Å². The Labute approximate surface area is 117 Å². The van der Waals surface area contributed by atoms with E-state index < -0.39 is 0 Å². The van der Waals surface area contributed by atoms with Crippen molar-refractivity contribution in [3.8, 4) is 0 Å². The number of hydrogen-bond donors (Lipinski definition) is 2. The molecule has 0 aliphatic carbocycles. The van der Waals surface area contributed by atoms with E-state index in [4.69, 9.17) is 22.4 Å². The Morgan fingerprint density at radius 2 is 2.00 bits per heavy atom. The Morgan fingerprint density at radius 3 is 2.58 bits per heavy atom. The van der Waals surface area contributed by atoms with E-state index in [9.17, 15) is 4.79 Å². The monoisotopic (exact) mass is 283 g/mol. The molecule has 0 spiro atoms. The van der Waals surface area contributed by atoms with Crippen molar-refractivity contribution in [1.29, 1.82) is 0 Å². The van der Waals surface area contributed by atoms with Gasteiger partial charge in [0, 0.05) is 43.4 Å². The molecule has 19 heavy (non-hydrogen) atoms. The van der Waals surface area contributed by atoms with E-state index in [1.165, 1.54) is 0 Å². The van der Waals surface area contributed by atoms with Gasteiger partial charge < -0.3 is 15.7 Å². The highest BCUT2D eigenvalue weighted by Crippen LogP contribution is 2.20. The van der Waals surface area contributed by atoms with Gasteiger partial charge in [0.2, 0.25) is 0 Å². The zero-order valence-corrected chi connectivity index (χ0v) is 11.4. The molecule has 0 unspecified atom stereocenters. The number of carbonyl (C=O) groups excluding carboxylic acids is 1. The van der Waals surface area contributed by atoms with Gasteiger partial charge in [0.15, 0.2) is 0 Å². The van der Waals surface area contributed by atoms with Gasteiger partial charge in [-0.15, -0.1) is 0 Å². The van der Waals surface area contributed by atoms with Crippen LogP contribution < -0.4 is 5.73 Å². The minimum absolute atomic E-state index is 0.0576. The summed E-state index contributed by atoms with van der Waals surface area (Å²) in [4.78, 5) is 16.3. The maximum absolute atomic E-state index is 12.3. The van der Waals surface area contributed by atoms with E-state index in [0.29, 0.717) is 35.9 Å². The summed E-state index contributed by atoms with van der Waals surface area (Å²) in [6.07, 6.45) is 0. The third kappa shape index (κ3) is 3.37. The maximum atomic E-state index is 12.3. The number of aliphatic hydroxyl groups excluding tert-OH is 1. The molecule has 1 aliphatic rings.